The fourth-order valence-corrected chi connectivity index (χ4v) is 3.44. The van der Waals surface area contributed by atoms with E-state index in [1.54, 1.807) is 0 Å². The van der Waals surface area contributed by atoms with E-state index >= 15 is 0 Å². The minimum atomic E-state index is -3.79. The maximum absolute atomic E-state index is 12.3. The van der Waals surface area contributed by atoms with Gasteiger partial charge in [0.2, 0.25) is 10.0 Å². The van der Waals surface area contributed by atoms with Gasteiger partial charge < -0.3 is 14.9 Å². The number of aliphatic hydroxyl groups excluding tert-OH is 2. The zero-order valence-corrected chi connectivity index (χ0v) is 11.6. The molecule has 110 valence electrons. The van der Waals surface area contributed by atoms with Gasteiger partial charge in [-0.05, 0) is 24.3 Å². The lowest BCUT2D eigenvalue weighted by atomic mass is 10.2. The number of β-amino-alcohol motifs (C(OH)–C–C–N with tert-alkyl or cyclic N) is 2. The number of hydrogen-bond donors (Lipinski definition) is 2. The van der Waals surface area contributed by atoms with Crippen LogP contribution in [-0.2, 0) is 14.8 Å². The number of ether oxygens (including phenoxy) is 1. The molecule has 0 aliphatic carbocycles. The number of aliphatic hydroxyl groups is 2. The fraction of sp³-hybridized carbons (Fsp3) is 0.417. The van der Waals surface area contributed by atoms with E-state index in [1.807, 2.05) is 0 Å². The van der Waals surface area contributed by atoms with Gasteiger partial charge in [0.05, 0.1) is 29.8 Å². The van der Waals surface area contributed by atoms with E-state index in [4.69, 9.17) is 0 Å². The first-order valence-electron chi connectivity index (χ1n) is 5.91. The Balaban J connectivity index is 2.24. The molecule has 0 bridgehead atoms. The normalized spacial score (nSPS) is 23.8. The molecule has 0 spiro atoms. The van der Waals surface area contributed by atoms with Crippen molar-refractivity contribution in [1.29, 1.82) is 0 Å². The number of nitrogens with zero attached hydrogens (tertiary/aromatic N) is 1. The molecular weight excluding hydrogens is 286 g/mol. The molecule has 8 heteroatoms. The van der Waals surface area contributed by atoms with Crippen molar-refractivity contribution in [1.82, 2.24) is 4.31 Å². The smallest absolute Gasteiger partial charge is 0.337 e. The number of carbonyl (C=O) groups is 1. The SMILES string of the molecule is COC(=O)c1ccc(S(=O)(=O)N2C[C@@H](O)[C@@H](O)C2)cc1. The summed E-state index contributed by atoms with van der Waals surface area (Å²) in [6, 6.07) is 5.28. The molecule has 0 radical (unpaired) electrons. The third kappa shape index (κ3) is 2.68. The van der Waals surface area contributed by atoms with Gasteiger partial charge in [-0.2, -0.15) is 4.31 Å². The van der Waals surface area contributed by atoms with Gasteiger partial charge in [-0.15, -0.1) is 0 Å². The molecule has 2 rings (SSSR count). The van der Waals surface area contributed by atoms with Gasteiger partial charge in [-0.3, -0.25) is 0 Å². The molecular formula is C12H15NO6S. The van der Waals surface area contributed by atoms with Crippen LogP contribution in [0.2, 0.25) is 0 Å². The summed E-state index contributed by atoms with van der Waals surface area (Å²) in [5.41, 5.74) is 0.243. The van der Waals surface area contributed by atoms with E-state index in [1.165, 1.54) is 31.4 Å². The van der Waals surface area contributed by atoms with Crippen LogP contribution < -0.4 is 0 Å². The molecule has 0 saturated carbocycles. The van der Waals surface area contributed by atoms with E-state index in [-0.39, 0.29) is 23.5 Å². The Morgan fingerprint density at radius 2 is 1.70 bits per heavy atom. The predicted octanol–water partition coefficient (Wildman–Crippen LogP) is -0.801. The Morgan fingerprint density at radius 3 is 2.15 bits per heavy atom. The first kappa shape index (κ1) is 14.9. The van der Waals surface area contributed by atoms with Gasteiger partial charge in [-0.25, -0.2) is 13.2 Å². The highest BCUT2D eigenvalue weighted by Crippen LogP contribution is 2.21. The Bertz CT molecular complexity index is 587. The number of methoxy groups -OCH3 is 1. The first-order chi connectivity index (χ1) is 9.36. The highest BCUT2D eigenvalue weighted by Gasteiger charge is 2.37. The second-order valence-electron chi connectivity index (χ2n) is 4.47. The zero-order chi connectivity index (χ0) is 14.9. The van der Waals surface area contributed by atoms with Crippen molar-refractivity contribution in [3.63, 3.8) is 0 Å². The second kappa shape index (κ2) is 5.49. The van der Waals surface area contributed by atoms with Crippen molar-refractivity contribution >= 4 is 16.0 Å². The minimum Gasteiger partial charge on any atom is -0.465 e. The van der Waals surface area contributed by atoms with Crippen molar-refractivity contribution in [2.24, 2.45) is 0 Å². The standard InChI is InChI=1S/C12H15NO6S/c1-19-12(16)8-2-4-9(5-3-8)20(17,18)13-6-10(14)11(15)7-13/h2-5,10-11,14-15H,6-7H2,1H3/t10-,11+. The molecule has 1 aromatic carbocycles. The quantitative estimate of drug-likeness (QED) is 0.708. The van der Waals surface area contributed by atoms with Crippen LogP contribution in [0.1, 0.15) is 10.4 Å². The number of rotatable bonds is 3. The van der Waals surface area contributed by atoms with Crippen molar-refractivity contribution in [2.45, 2.75) is 17.1 Å². The summed E-state index contributed by atoms with van der Waals surface area (Å²) >= 11 is 0. The van der Waals surface area contributed by atoms with Crippen molar-refractivity contribution in [3.05, 3.63) is 29.8 Å². The molecule has 2 atom stereocenters. The third-order valence-electron chi connectivity index (χ3n) is 3.14. The highest BCUT2D eigenvalue weighted by atomic mass is 32.2. The van der Waals surface area contributed by atoms with Gasteiger partial charge in [0.1, 0.15) is 0 Å². The fourth-order valence-electron chi connectivity index (χ4n) is 1.96. The van der Waals surface area contributed by atoms with E-state index in [0.717, 1.165) is 4.31 Å². The van der Waals surface area contributed by atoms with E-state index < -0.39 is 28.2 Å². The molecule has 0 amide bonds. The van der Waals surface area contributed by atoms with Gasteiger partial charge in [0.15, 0.2) is 0 Å². The number of benzene rings is 1. The summed E-state index contributed by atoms with van der Waals surface area (Å²) < 4.78 is 30.1. The van der Waals surface area contributed by atoms with E-state index in [2.05, 4.69) is 4.74 Å². The Hall–Kier alpha value is -1.48. The van der Waals surface area contributed by atoms with Crippen LogP contribution in [0.25, 0.3) is 0 Å². The van der Waals surface area contributed by atoms with Crippen molar-refractivity contribution in [2.75, 3.05) is 20.2 Å². The first-order valence-corrected chi connectivity index (χ1v) is 7.35. The average Bonchev–Trinajstić information content (AvgIpc) is 2.78. The molecule has 0 aromatic heterocycles. The van der Waals surface area contributed by atoms with Gasteiger partial charge in [0, 0.05) is 13.1 Å². The maximum Gasteiger partial charge on any atom is 0.337 e. The summed E-state index contributed by atoms with van der Waals surface area (Å²) in [6.07, 6.45) is -2.17. The van der Waals surface area contributed by atoms with Crippen LogP contribution in [-0.4, -0.2) is 61.3 Å². The highest BCUT2D eigenvalue weighted by molar-refractivity contribution is 7.89. The lowest BCUT2D eigenvalue weighted by Crippen LogP contribution is -2.30. The molecule has 1 heterocycles. The van der Waals surface area contributed by atoms with Gasteiger partial charge in [-0.1, -0.05) is 0 Å². The second-order valence-corrected chi connectivity index (χ2v) is 6.41. The lowest BCUT2D eigenvalue weighted by Gasteiger charge is -2.15. The number of esters is 1. The van der Waals surface area contributed by atoms with Crippen LogP contribution >= 0.6 is 0 Å². The summed E-state index contributed by atoms with van der Waals surface area (Å²) in [5, 5.41) is 18.8. The minimum absolute atomic E-state index is 0.00791. The molecule has 2 N–H and O–H groups in total. The molecule has 1 saturated heterocycles. The van der Waals surface area contributed by atoms with Crippen LogP contribution in [0.5, 0.6) is 0 Å². The van der Waals surface area contributed by atoms with Crippen LogP contribution in [0.4, 0.5) is 0 Å². The summed E-state index contributed by atoms with van der Waals surface area (Å²) in [7, 11) is -2.56. The molecule has 0 unspecified atom stereocenters. The Labute approximate surface area is 116 Å². The Morgan fingerprint density at radius 1 is 1.20 bits per heavy atom. The van der Waals surface area contributed by atoms with Crippen molar-refractivity contribution < 1.29 is 28.2 Å². The van der Waals surface area contributed by atoms with Gasteiger partial charge >= 0.3 is 5.97 Å². The number of hydrogen-bond acceptors (Lipinski definition) is 6. The molecule has 1 aromatic rings. The van der Waals surface area contributed by atoms with Crippen LogP contribution in [0.3, 0.4) is 0 Å². The third-order valence-corrected chi connectivity index (χ3v) is 4.98. The van der Waals surface area contributed by atoms with E-state index in [9.17, 15) is 23.4 Å². The lowest BCUT2D eigenvalue weighted by molar-refractivity contribution is 0.0572. The predicted molar refractivity (Wildman–Crippen MR) is 68.6 cm³/mol. The van der Waals surface area contributed by atoms with Gasteiger partial charge in [0.25, 0.3) is 0 Å². The summed E-state index contributed by atoms with van der Waals surface area (Å²) in [6.45, 7) is -0.301. The molecule has 1 fully saturated rings. The Kier molecular flexibility index (Phi) is 4.09. The molecule has 7 nitrogen and oxygen atoms in total. The summed E-state index contributed by atoms with van der Waals surface area (Å²) in [4.78, 5) is 11.3. The molecule has 20 heavy (non-hydrogen) atoms. The average molecular weight is 301 g/mol. The van der Waals surface area contributed by atoms with E-state index in [0.29, 0.717) is 0 Å². The zero-order valence-electron chi connectivity index (χ0n) is 10.8. The van der Waals surface area contributed by atoms with Crippen LogP contribution in [0, 0.1) is 0 Å². The monoisotopic (exact) mass is 301 g/mol. The molecule has 1 aliphatic heterocycles. The number of sulfonamides is 1. The molecule has 1 aliphatic rings. The topological polar surface area (TPSA) is 104 Å². The summed E-state index contributed by atoms with van der Waals surface area (Å²) in [5.74, 6) is -0.555. The van der Waals surface area contributed by atoms with Crippen LogP contribution in [0.15, 0.2) is 29.2 Å². The largest absolute Gasteiger partial charge is 0.465 e. The maximum atomic E-state index is 12.3. The number of carbonyl (C=O) groups excluding carboxylic acids is 1. The van der Waals surface area contributed by atoms with Crippen molar-refractivity contribution in [3.8, 4) is 0 Å².